The van der Waals surface area contributed by atoms with Crippen LogP contribution in [-0.4, -0.2) is 17.5 Å². The van der Waals surface area contributed by atoms with Crippen molar-refractivity contribution < 1.29 is 14.4 Å². The van der Waals surface area contributed by atoms with Crippen LogP contribution in [0.1, 0.15) is 72.7 Å². The molecular formula is C28H29NO3S2. The highest BCUT2D eigenvalue weighted by Crippen LogP contribution is 2.30. The van der Waals surface area contributed by atoms with Crippen molar-refractivity contribution in [1.82, 2.24) is 0 Å². The van der Waals surface area contributed by atoms with E-state index in [1.54, 1.807) is 11.8 Å². The predicted octanol–water partition coefficient (Wildman–Crippen LogP) is 7.76. The third-order valence-electron chi connectivity index (χ3n) is 6.08. The Morgan fingerprint density at radius 2 is 1.59 bits per heavy atom. The molecule has 0 atom stereocenters. The van der Waals surface area contributed by atoms with Crippen LogP contribution in [0.5, 0.6) is 0 Å². The van der Waals surface area contributed by atoms with E-state index in [-0.39, 0.29) is 5.78 Å². The molecule has 1 fully saturated rings. The van der Waals surface area contributed by atoms with Gasteiger partial charge >= 0.3 is 5.97 Å². The molecule has 1 aliphatic carbocycles. The van der Waals surface area contributed by atoms with Gasteiger partial charge in [0, 0.05) is 22.3 Å². The maximum Gasteiger partial charge on any atom is 0.331 e. The molecule has 0 N–H and O–H groups in total. The molecule has 4 rings (SSSR count). The Labute approximate surface area is 209 Å². The average molecular weight is 492 g/mol. The lowest BCUT2D eigenvalue weighted by Gasteiger charge is -2.21. The quantitative estimate of drug-likeness (QED) is 0.133. The molecule has 3 aromatic rings. The van der Waals surface area contributed by atoms with Crippen molar-refractivity contribution in [3.63, 3.8) is 0 Å². The molecule has 4 nitrogen and oxygen atoms in total. The van der Waals surface area contributed by atoms with Crippen LogP contribution in [0.15, 0.2) is 81.0 Å². The van der Waals surface area contributed by atoms with E-state index in [2.05, 4.69) is 17.3 Å². The van der Waals surface area contributed by atoms with E-state index in [0.29, 0.717) is 5.56 Å². The maximum absolute atomic E-state index is 12.5. The van der Waals surface area contributed by atoms with Gasteiger partial charge in [-0.1, -0.05) is 67.2 Å². The van der Waals surface area contributed by atoms with E-state index >= 15 is 0 Å². The zero-order chi connectivity index (χ0) is 23.8. The van der Waals surface area contributed by atoms with Gasteiger partial charge in [0.25, 0.3) is 0 Å². The number of hydrogen-bond acceptors (Lipinski definition) is 6. The van der Waals surface area contributed by atoms with Crippen molar-refractivity contribution in [3.05, 3.63) is 82.0 Å². The third kappa shape index (κ3) is 6.90. The van der Waals surface area contributed by atoms with Gasteiger partial charge in [-0.3, -0.25) is 4.79 Å². The fraction of sp³-hybridized carbons (Fsp3) is 0.321. The molecule has 0 aliphatic heterocycles. The number of benzene rings is 2. The van der Waals surface area contributed by atoms with Crippen LogP contribution < -0.4 is 0 Å². The van der Waals surface area contributed by atoms with Gasteiger partial charge in [0.05, 0.1) is 10.6 Å². The summed E-state index contributed by atoms with van der Waals surface area (Å²) in [7, 11) is 0. The smallest absolute Gasteiger partial charge is 0.318 e. The molecule has 0 radical (unpaired) electrons. The number of nitrogens with zero attached hydrogens (tertiary/aromatic N) is 1. The van der Waals surface area contributed by atoms with Crippen LogP contribution in [0.25, 0.3) is 0 Å². The summed E-state index contributed by atoms with van der Waals surface area (Å²) in [5, 5.41) is 6.08. The summed E-state index contributed by atoms with van der Waals surface area (Å²) < 4.78 is 0. The summed E-state index contributed by atoms with van der Waals surface area (Å²) in [5.74, 6) is 0.396. The lowest BCUT2D eigenvalue weighted by molar-refractivity contribution is -0.140. The van der Waals surface area contributed by atoms with Crippen molar-refractivity contribution in [1.29, 1.82) is 0 Å². The molecular weight excluding hydrogens is 462 g/mol. The highest BCUT2D eigenvalue weighted by Gasteiger charge is 2.16. The summed E-state index contributed by atoms with van der Waals surface area (Å²) >= 11 is 3.11. The predicted molar refractivity (Wildman–Crippen MR) is 139 cm³/mol. The van der Waals surface area contributed by atoms with Gasteiger partial charge in [0.2, 0.25) is 5.78 Å². The standard InChI is InChI=1S/C28H29NO3S2/c1-20(30)32-29-26(18-9-21-6-3-2-4-7-21)22-10-14-24(15-11-22)34-25-16-12-23(13-17-25)28(31)27-8-5-19-33-27/h5,8,10-17,19,21H,2-4,6-7,9,18H2,1H3. The van der Waals surface area contributed by atoms with E-state index in [4.69, 9.17) is 4.84 Å². The Balaban J connectivity index is 1.40. The summed E-state index contributed by atoms with van der Waals surface area (Å²) in [6.07, 6.45) is 8.43. The van der Waals surface area contributed by atoms with Crippen LogP contribution in [0.2, 0.25) is 0 Å². The zero-order valence-corrected chi connectivity index (χ0v) is 21.0. The zero-order valence-electron chi connectivity index (χ0n) is 19.4. The molecule has 1 aromatic heterocycles. The molecule has 0 bridgehead atoms. The van der Waals surface area contributed by atoms with Crippen molar-refractivity contribution in [2.75, 3.05) is 0 Å². The minimum Gasteiger partial charge on any atom is -0.318 e. The Bertz CT molecular complexity index is 1110. The minimum absolute atomic E-state index is 0.0590. The molecule has 1 aliphatic rings. The van der Waals surface area contributed by atoms with Gasteiger partial charge in [-0.15, -0.1) is 11.3 Å². The van der Waals surface area contributed by atoms with E-state index < -0.39 is 5.97 Å². The number of rotatable bonds is 9. The first-order valence-corrected chi connectivity index (χ1v) is 13.5. The van der Waals surface area contributed by atoms with Gasteiger partial charge in [0.15, 0.2) is 0 Å². The van der Waals surface area contributed by atoms with Crippen LogP contribution >= 0.6 is 23.1 Å². The lowest BCUT2D eigenvalue weighted by Crippen LogP contribution is -2.10. The van der Waals surface area contributed by atoms with E-state index in [0.717, 1.165) is 44.7 Å². The van der Waals surface area contributed by atoms with Gasteiger partial charge in [-0.05, 0) is 72.2 Å². The lowest BCUT2D eigenvalue weighted by atomic mass is 9.85. The number of oxime groups is 1. The maximum atomic E-state index is 12.5. The van der Waals surface area contributed by atoms with Crippen LogP contribution in [-0.2, 0) is 9.63 Å². The number of thiophene rings is 1. The minimum atomic E-state index is -0.400. The Morgan fingerprint density at radius 1 is 0.941 bits per heavy atom. The summed E-state index contributed by atoms with van der Waals surface area (Å²) in [4.78, 5) is 31.7. The number of carbonyl (C=O) groups is 2. The monoisotopic (exact) mass is 491 g/mol. The Hall–Kier alpha value is -2.70. The molecule has 0 spiro atoms. The molecule has 2 aromatic carbocycles. The number of carbonyl (C=O) groups excluding carboxylic acids is 2. The molecule has 0 saturated heterocycles. The summed E-state index contributed by atoms with van der Waals surface area (Å²) in [6, 6.07) is 19.7. The topological polar surface area (TPSA) is 55.7 Å². The molecule has 34 heavy (non-hydrogen) atoms. The van der Waals surface area contributed by atoms with Crippen LogP contribution in [0.4, 0.5) is 0 Å². The highest BCUT2D eigenvalue weighted by molar-refractivity contribution is 7.99. The first kappa shape index (κ1) is 24.4. The molecule has 1 saturated carbocycles. The largest absolute Gasteiger partial charge is 0.331 e. The van der Waals surface area contributed by atoms with Crippen molar-refractivity contribution in [3.8, 4) is 0 Å². The number of hydrogen-bond donors (Lipinski definition) is 0. The second kappa shape index (κ2) is 12.1. The van der Waals surface area contributed by atoms with Crippen LogP contribution in [0.3, 0.4) is 0 Å². The fourth-order valence-corrected chi connectivity index (χ4v) is 5.76. The van der Waals surface area contributed by atoms with E-state index in [1.807, 2.05) is 53.9 Å². The first-order valence-electron chi connectivity index (χ1n) is 11.8. The number of ketones is 1. The SMILES string of the molecule is CC(=O)ON=C(CCC1CCCCC1)c1ccc(Sc2ccc(C(=O)c3cccs3)cc2)cc1. The average Bonchev–Trinajstić information content (AvgIpc) is 3.40. The molecule has 6 heteroatoms. The normalized spacial score (nSPS) is 14.7. The van der Waals surface area contributed by atoms with Gasteiger partial charge < -0.3 is 4.84 Å². The fourth-order valence-electron chi connectivity index (χ4n) is 4.25. The molecule has 0 amide bonds. The van der Waals surface area contributed by atoms with E-state index in [1.165, 1.54) is 50.4 Å². The second-order valence-corrected chi connectivity index (χ2v) is 10.7. The molecule has 0 unspecified atom stereocenters. The highest BCUT2D eigenvalue weighted by atomic mass is 32.2. The third-order valence-corrected chi connectivity index (χ3v) is 7.97. The summed E-state index contributed by atoms with van der Waals surface area (Å²) in [5.41, 5.74) is 2.51. The van der Waals surface area contributed by atoms with Crippen molar-refractivity contribution in [2.45, 2.75) is 61.7 Å². The Kier molecular flexibility index (Phi) is 8.72. The van der Waals surface area contributed by atoms with Gasteiger partial charge in [-0.2, -0.15) is 0 Å². The molecule has 1 heterocycles. The van der Waals surface area contributed by atoms with Crippen molar-refractivity contribution >= 4 is 40.6 Å². The first-order chi connectivity index (χ1) is 16.6. The summed E-state index contributed by atoms with van der Waals surface area (Å²) in [6.45, 7) is 1.38. The van der Waals surface area contributed by atoms with E-state index in [9.17, 15) is 9.59 Å². The molecule has 176 valence electrons. The van der Waals surface area contributed by atoms with Crippen LogP contribution in [0, 0.1) is 5.92 Å². The second-order valence-electron chi connectivity index (χ2n) is 8.62. The Morgan fingerprint density at radius 3 is 2.18 bits per heavy atom. The van der Waals surface area contributed by atoms with Gasteiger partial charge in [0.1, 0.15) is 0 Å². The van der Waals surface area contributed by atoms with Crippen molar-refractivity contribution in [2.24, 2.45) is 11.1 Å². The van der Waals surface area contributed by atoms with Gasteiger partial charge in [-0.25, -0.2) is 4.79 Å².